The van der Waals surface area contributed by atoms with E-state index in [4.69, 9.17) is 4.74 Å². The van der Waals surface area contributed by atoms with Crippen molar-refractivity contribution in [2.45, 2.75) is 31.3 Å². The molecule has 2 rings (SSSR count). The van der Waals surface area contributed by atoms with Crippen LogP contribution in [0.25, 0.3) is 0 Å². The average Bonchev–Trinajstić information content (AvgIpc) is 2.71. The molecule has 0 aliphatic heterocycles. The summed E-state index contributed by atoms with van der Waals surface area (Å²) in [7, 11) is -2.30. The number of nitrogens with zero attached hydrogens (tertiary/aromatic N) is 1. The van der Waals surface area contributed by atoms with Gasteiger partial charge >= 0.3 is 5.97 Å². The molecule has 2 aromatic carbocycles. The van der Waals surface area contributed by atoms with Crippen molar-refractivity contribution in [1.29, 1.82) is 0 Å². The topological polar surface area (TPSA) is 92.8 Å². The number of rotatable bonds is 8. The predicted octanol–water partition coefficient (Wildman–Crippen LogP) is 2.58. The number of para-hydroxylation sites is 1. The molecule has 7 nitrogen and oxygen atoms in total. The highest BCUT2D eigenvalue weighted by Crippen LogP contribution is 2.22. The Bertz CT molecular complexity index is 911. The Labute approximate surface area is 165 Å². The molecule has 8 heteroatoms. The number of hydrogen-bond donors (Lipinski definition) is 1. The largest absolute Gasteiger partial charge is 0.449 e. The molecule has 2 aromatic rings. The van der Waals surface area contributed by atoms with E-state index in [0.717, 1.165) is 6.42 Å². The van der Waals surface area contributed by atoms with Crippen LogP contribution in [0.4, 0.5) is 5.69 Å². The Morgan fingerprint density at radius 3 is 2.25 bits per heavy atom. The number of ether oxygens (including phenoxy) is 1. The van der Waals surface area contributed by atoms with Gasteiger partial charge in [-0.3, -0.25) is 9.10 Å². The van der Waals surface area contributed by atoms with Gasteiger partial charge in [0.25, 0.3) is 15.9 Å². The van der Waals surface area contributed by atoms with Crippen LogP contribution in [-0.2, 0) is 19.6 Å². The lowest BCUT2D eigenvalue weighted by Crippen LogP contribution is -2.36. The third-order valence-electron chi connectivity index (χ3n) is 4.07. The zero-order valence-corrected chi connectivity index (χ0v) is 16.9. The fourth-order valence-electron chi connectivity index (χ4n) is 2.37. The molecule has 0 heterocycles. The summed E-state index contributed by atoms with van der Waals surface area (Å²) in [5, 5.41) is 2.64. The molecule has 28 heavy (non-hydrogen) atoms. The van der Waals surface area contributed by atoms with E-state index in [-0.39, 0.29) is 16.4 Å². The molecule has 0 saturated carbocycles. The number of esters is 1. The molecule has 0 bridgehead atoms. The van der Waals surface area contributed by atoms with Gasteiger partial charge in [-0.25, -0.2) is 13.2 Å². The van der Waals surface area contributed by atoms with Gasteiger partial charge in [0.1, 0.15) is 0 Å². The normalized spacial score (nSPS) is 12.1. The first-order valence-electron chi connectivity index (χ1n) is 8.90. The van der Waals surface area contributed by atoms with Crippen molar-refractivity contribution in [2.75, 3.05) is 17.9 Å². The molecule has 0 saturated heterocycles. The highest BCUT2D eigenvalue weighted by atomic mass is 32.2. The van der Waals surface area contributed by atoms with Crippen LogP contribution in [0.2, 0.25) is 0 Å². The fraction of sp³-hybridized carbons (Fsp3) is 0.300. The number of sulfonamides is 1. The van der Waals surface area contributed by atoms with Crippen molar-refractivity contribution < 1.29 is 22.7 Å². The van der Waals surface area contributed by atoms with Gasteiger partial charge in [0.2, 0.25) is 0 Å². The van der Waals surface area contributed by atoms with Crippen molar-refractivity contribution in [1.82, 2.24) is 5.32 Å². The molecule has 1 N–H and O–H groups in total. The molecular formula is C20H24N2O5S. The van der Waals surface area contributed by atoms with E-state index in [1.807, 2.05) is 6.92 Å². The molecule has 1 amide bonds. The van der Waals surface area contributed by atoms with Crippen LogP contribution in [0, 0.1) is 0 Å². The number of nitrogens with one attached hydrogen (secondary N) is 1. The van der Waals surface area contributed by atoms with Crippen LogP contribution < -0.4 is 9.62 Å². The third-order valence-corrected chi connectivity index (χ3v) is 5.87. The maximum Gasteiger partial charge on any atom is 0.338 e. The molecule has 0 aliphatic carbocycles. The van der Waals surface area contributed by atoms with Gasteiger partial charge < -0.3 is 10.1 Å². The number of carbonyl (C=O) groups is 2. The van der Waals surface area contributed by atoms with E-state index >= 15 is 0 Å². The Balaban J connectivity index is 2.10. The van der Waals surface area contributed by atoms with E-state index in [1.165, 1.54) is 42.5 Å². The van der Waals surface area contributed by atoms with E-state index in [0.29, 0.717) is 12.2 Å². The second-order valence-corrected chi connectivity index (χ2v) is 8.14. The van der Waals surface area contributed by atoms with Gasteiger partial charge in [-0.1, -0.05) is 25.1 Å². The summed E-state index contributed by atoms with van der Waals surface area (Å²) >= 11 is 0. The lowest BCUT2D eigenvalue weighted by Gasteiger charge is -2.19. The van der Waals surface area contributed by atoms with Crippen LogP contribution in [0.15, 0.2) is 59.5 Å². The first-order valence-corrected chi connectivity index (χ1v) is 10.3. The highest BCUT2D eigenvalue weighted by molar-refractivity contribution is 7.92. The molecule has 1 atom stereocenters. The number of amides is 1. The maximum absolute atomic E-state index is 12.7. The van der Waals surface area contributed by atoms with Crippen molar-refractivity contribution >= 4 is 27.6 Å². The number of carbonyl (C=O) groups excluding carboxylic acids is 2. The quantitative estimate of drug-likeness (QED) is 0.683. The minimum Gasteiger partial charge on any atom is -0.449 e. The van der Waals surface area contributed by atoms with Gasteiger partial charge in [-0.15, -0.1) is 0 Å². The summed E-state index contributed by atoms with van der Waals surface area (Å²) in [6.45, 7) is 3.90. The first kappa shape index (κ1) is 21.4. The molecule has 150 valence electrons. The second kappa shape index (κ2) is 9.36. The molecule has 0 radical (unpaired) electrons. The lowest BCUT2D eigenvalue weighted by molar-refractivity contribution is -0.129. The Kier molecular flexibility index (Phi) is 7.17. The molecule has 0 aromatic heterocycles. The first-order chi connectivity index (χ1) is 13.3. The van der Waals surface area contributed by atoms with Gasteiger partial charge in [0.15, 0.2) is 6.10 Å². The second-order valence-electron chi connectivity index (χ2n) is 6.17. The standard InChI is InChI=1S/C20H24N2O5S/c1-4-14-21-19(23)15(2)27-20(24)16-10-12-18(13-11-16)28(25,26)22(3)17-8-6-5-7-9-17/h5-13,15H,4,14H2,1-3H3,(H,21,23). The Morgan fingerprint density at radius 1 is 1.07 bits per heavy atom. The zero-order chi connectivity index (χ0) is 20.7. The highest BCUT2D eigenvalue weighted by Gasteiger charge is 2.23. The zero-order valence-electron chi connectivity index (χ0n) is 16.1. The molecule has 0 aliphatic rings. The van der Waals surface area contributed by atoms with Crippen molar-refractivity contribution in [3.63, 3.8) is 0 Å². The summed E-state index contributed by atoms with van der Waals surface area (Å²) in [5.74, 6) is -1.07. The van der Waals surface area contributed by atoms with Crippen molar-refractivity contribution in [3.8, 4) is 0 Å². The molecular weight excluding hydrogens is 380 g/mol. The maximum atomic E-state index is 12.7. The van der Waals surface area contributed by atoms with Crippen molar-refractivity contribution in [3.05, 3.63) is 60.2 Å². The average molecular weight is 404 g/mol. The SMILES string of the molecule is CCCNC(=O)C(C)OC(=O)c1ccc(S(=O)(=O)N(C)c2ccccc2)cc1. The van der Waals surface area contributed by atoms with Gasteiger partial charge in [0, 0.05) is 13.6 Å². The molecule has 0 fully saturated rings. The van der Waals surface area contributed by atoms with Gasteiger partial charge in [-0.05, 0) is 49.7 Å². The minimum atomic E-state index is -3.76. The van der Waals surface area contributed by atoms with Crippen LogP contribution in [0.1, 0.15) is 30.6 Å². The fourth-order valence-corrected chi connectivity index (χ4v) is 3.57. The summed E-state index contributed by atoms with van der Waals surface area (Å²) in [6, 6.07) is 14.1. The number of anilines is 1. The Morgan fingerprint density at radius 2 is 1.68 bits per heavy atom. The van der Waals surface area contributed by atoms with Crippen LogP contribution in [0.5, 0.6) is 0 Å². The number of benzene rings is 2. The Hall–Kier alpha value is -2.87. The van der Waals surface area contributed by atoms with E-state index in [2.05, 4.69) is 5.32 Å². The molecule has 0 spiro atoms. The lowest BCUT2D eigenvalue weighted by atomic mass is 10.2. The predicted molar refractivity (Wildman–Crippen MR) is 107 cm³/mol. The molecule has 1 unspecified atom stereocenters. The summed E-state index contributed by atoms with van der Waals surface area (Å²) in [4.78, 5) is 24.0. The van der Waals surface area contributed by atoms with Crippen LogP contribution in [0.3, 0.4) is 0 Å². The van der Waals surface area contributed by atoms with E-state index < -0.39 is 22.1 Å². The van der Waals surface area contributed by atoms with Crippen molar-refractivity contribution in [2.24, 2.45) is 0 Å². The van der Waals surface area contributed by atoms with E-state index in [1.54, 1.807) is 30.3 Å². The summed E-state index contributed by atoms with van der Waals surface area (Å²) < 4.78 is 31.8. The van der Waals surface area contributed by atoms with Crippen LogP contribution in [-0.4, -0.2) is 40.0 Å². The monoisotopic (exact) mass is 404 g/mol. The van der Waals surface area contributed by atoms with Crippen LogP contribution >= 0.6 is 0 Å². The van der Waals surface area contributed by atoms with E-state index in [9.17, 15) is 18.0 Å². The summed E-state index contributed by atoms with van der Waals surface area (Å²) in [6.07, 6.45) is -0.161. The van der Waals surface area contributed by atoms with Gasteiger partial charge in [-0.2, -0.15) is 0 Å². The number of hydrogen-bond acceptors (Lipinski definition) is 5. The minimum absolute atomic E-state index is 0.0455. The smallest absolute Gasteiger partial charge is 0.338 e. The summed E-state index contributed by atoms with van der Waals surface area (Å²) in [5.41, 5.74) is 0.689. The van der Waals surface area contributed by atoms with Gasteiger partial charge in [0.05, 0.1) is 16.1 Å². The third kappa shape index (κ3) is 5.10.